The van der Waals surface area contributed by atoms with Crippen LogP contribution in [0.1, 0.15) is 131 Å². The Balaban J connectivity index is 2.09. The molecule has 0 fully saturated rings. The number of fused-ring (bicyclic) bond motifs is 2. The third-order valence-corrected chi connectivity index (χ3v) is 10.1. The number of benzene rings is 2. The Morgan fingerprint density at radius 2 is 0.841 bits per heavy atom. The lowest BCUT2D eigenvalue weighted by atomic mass is 9.70. The zero-order valence-electron chi connectivity index (χ0n) is 26.2. The number of Topliss-reactive ketones (excluding diaryl/α,β-unsaturated/α-hetero) is 4. The van der Waals surface area contributed by atoms with Gasteiger partial charge in [-0.3, -0.25) is 19.2 Å². The summed E-state index contributed by atoms with van der Waals surface area (Å²) in [4.78, 5) is 57.3. The van der Waals surface area contributed by atoms with Crippen molar-refractivity contribution in [1.29, 1.82) is 0 Å². The molecule has 0 saturated carbocycles. The first kappa shape index (κ1) is 33.4. The molecular formula is C34H38O8S2. The van der Waals surface area contributed by atoms with E-state index in [-0.39, 0.29) is 78.3 Å². The highest BCUT2D eigenvalue weighted by Gasteiger charge is 2.45. The van der Waals surface area contributed by atoms with Crippen LogP contribution in [-0.4, -0.2) is 55.1 Å². The summed E-state index contributed by atoms with van der Waals surface area (Å²) in [5.74, 6) is -3.79. The summed E-state index contributed by atoms with van der Waals surface area (Å²) < 4.78 is 0. The number of phenolic OH excluding ortho intramolecular Hbond substituents is 4. The van der Waals surface area contributed by atoms with Crippen molar-refractivity contribution in [2.75, 3.05) is 11.5 Å². The second-order valence-corrected chi connectivity index (χ2v) is 14.1. The summed E-state index contributed by atoms with van der Waals surface area (Å²) in [7, 11) is 0. The maximum atomic E-state index is 14.6. The van der Waals surface area contributed by atoms with E-state index in [0.29, 0.717) is 11.5 Å². The van der Waals surface area contributed by atoms with Crippen LogP contribution in [0.3, 0.4) is 0 Å². The van der Waals surface area contributed by atoms with Crippen molar-refractivity contribution in [3.05, 3.63) is 66.8 Å². The number of rotatable bonds is 9. The Kier molecular flexibility index (Phi) is 9.47. The van der Waals surface area contributed by atoms with Crippen molar-refractivity contribution in [3.63, 3.8) is 0 Å². The number of hydrogen-bond acceptors (Lipinski definition) is 10. The Morgan fingerprint density at radius 1 is 0.523 bits per heavy atom. The van der Waals surface area contributed by atoms with Crippen LogP contribution in [0.15, 0.2) is 22.3 Å². The summed E-state index contributed by atoms with van der Waals surface area (Å²) in [6.07, 6.45) is 0. The first-order valence-corrected chi connectivity index (χ1v) is 16.9. The topological polar surface area (TPSA) is 149 Å². The van der Waals surface area contributed by atoms with Crippen molar-refractivity contribution in [1.82, 2.24) is 0 Å². The van der Waals surface area contributed by atoms with Gasteiger partial charge in [-0.1, -0.05) is 41.5 Å². The molecule has 4 N–H and O–H groups in total. The predicted octanol–water partition coefficient (Wildman–Crippen LogP) is 7.35. The number of allylic oxidation sites excluding steroid dienone is 4. The normalized spacial score (nSPS) is 15.2. The number of carbonyl (C=O) groups is 4. The average Bonchev–Trinajstić information content (AvgIpc) is 2.96. The fourth-order valence-corrected chi connectivity index (χ4v) is 7.55. The predicted molar refractivity (Wildman–Crippen MR) is 174 cm³/mol. The smallest absolute Gasteiger partial charge is 0.195 e. The molecule has 4 rings (SSSR count). The number of ketones is 4. The largest absolute Gasteiger partial charge is 0.504 e. The summed E-state index contributed by atoms with van der Waals surface area (Å²) in [5.41, 5.74) is -0.302. The van der Waals surface area contributed by atoms with E-state index < -0.39 is 58.0 Å². The molecular weight excluding hydrogens is 601 g/mol. The van der Waals surface area contributed by atoms with Gasteiger partial charge in [0.2, 0.25) is 0 Å². The number of carbonyl (C=O) groups excluding carboxylic acids is 4. The number of hydrogen-bond donors (Lipinski definition) is 4. The molecule has 0 saturated heterocycles. The fraction of sp³-hybridized carbons (Fsp3) is 0.412. The van der Waals surface area contributed by atoms with E-state index in [2.05, 4.69) is 0 Å². The molecule has 10 heteroatoms. The molecule has 0 unspecified atom stereocenters. The third kappa shape index (κ3) is 4.96. The zero-order chi connectivity index (χ0) is 32.9. The van der Waals surface area contributed by atoms with Crippen molar-refractivity contribution in [2.45, 2.75) is 78.7 Å². The van der Waals surface area contributed by atoms with Gasteiger partial charge in [-0.05, 0) is 37.2 Å². The molecule has 0 bridgehead atoms. The maximum Gasteiger partial charge on any atom is 0.195 e. The highest BCUT2D eigenvalue weighted by atomic mass is 32.2. The standard InChI is InChI=1S/C34H38O8S2/c1-9-43-11-17-23-25(19(13(3)4)33(41)29(17)37)27(35)15(7)21(31(23)39)22-16(8)28(36)26-20(14(5)6)34(42)30(38)18(12-44-10-2)24(26)32(22)40/h13-14,37-38,41-42H,9-12H2,1-8H3. The Bertz CT molecular complexity index is 1580. The van der Waals surface area contributed by atoms with Crippen molar-refractivity contribution >= 4 is 46.7 Å². The second kappa shape index (κ2) is 12.5. The fourth-order valence-electron chi connectivity index (χ4n) is 6.17. The Labute approximate surface area is 265 Å². The summed E-state index contributed by atoms with van der Waals surface area (Å²) >= 11 is 2.77. The van der Waals surface area contributed by atoms with E-state index >= 15 is 0 Å². The Hall–Kier alpha value is -3.50. The van der Waals surface area contributed by atoms with Gasteiger partial charge in [0.05, 0.1) is 0 Å². The molecule has 0 amide bonds. The van der Waals surface area contributed by atoms with Gasteiger partial charge in [0.25, 0.3) is 0 Å². The lowest BCUT2D eigenvalue weighted by Crippen LogP contribution is -2.32. The highest BCUT2D eigenvalue weighted by molar-refractivity contribution is 7.98. The van der Waals surface area contributed by atoms with Crippen LogP contribution in [0.25, 0.3) is 0 Å². The first-order chi connectivity index (χ1) is 20.6. The quantitative estimate of drug-likeness (QED) is 0.205. The highest BCUT2D eigenvalue weighted by Crippen LogP contribution is 2.51. The molecule has 2 aromatic carbocycles. The van der Waals surface area contributed by atoms with Gasteiger partial charge >= 0.3 is 0 Å². The molecule has 2 aliphatic rings. The van der Waals surface area contributed by atoms with Gasteiger partial charge in [-0.2, -0.15) is 23.5 Å². The van der Waals surface area contributed by atoms with E-state index in [1.165, 1.54) is 37.4 Å². The summed E-state index contributed by atoms with van der Waals surface area (Å²) in [5, 5.41) is 44.1. The third-order valence-electron chi connectivity index (χ3n) is 8.27. The molecule has 234 valence electrons. The minimum absolute atomic E-state index is 0.00816. The van der Waals surface area contributed by atoms with Crippen molar-refractivity contribution < 1.29 is 39.6 Å². The molecule has 2 aliphatic carbocycles. The average molecular weight is 639 g/mol. The molecule has 0 spiro atoms. The SMILES string of the molecule is CCSCc1c(O)c(O)c(C(C)C)c2c1C(=O)C(C1=C(C)C(=O)c3c(c(CSCC)c(O)c(O)c3C(C)C)C1=O)=C(C)C2=O. The van der Waals surface area contributed by atoms with Crippen molar-refractivity contribution in [2.24, 2.45) is 0 Å². The van der Waals surface area contributed by atoms with Gasteiger partial charge in [0.15, 0.2) is 46.1 Å². The molecule has 0 heterocycles. The number of phenols is 4. The van der Waals surface area contributed by atoms with Crippen LogP contribution in [0.2, 0.25) is 0 Å². The monoisotopic (exact) mass is 638 g/mol. The van der Waals surface area contributed by atoms with Crippen molar-refractivity contribution in [3.8, 4) is 23.0 Å². The van der Waals surface area contributed by atoms with Crippen LogP contribution >= 0.6 is 23.5 Å². The van der Waals surface area contributed by atoms with Gasteiger partial charge in [-0.15, -0.1) is 0 Å². The number of thioether (sulfide) groups is 2. The second-order valence-electron chi connectivity index (χ2n) is 11.6. The van der Waals surface area contributed by atoms with E-state index in [0.717, 1.165) is 0 Å². The molecule has 8 nitrogen and oxygen atoms in total. The van der Waals surface area contributed by atoms with E-state index in [1.54, 1.807) is 27.7 Å². The number of aromatic hydroxyl groups is 4. The van der Waals surface area contributed by atoms with Crippen LogP contribution in [-0.2, 0) is 11.5 Å². The van der Waals surface area contributed by atoms with E-state index in [4.69, 9.17) is 0 Å². The molecule has 0 radical (unpaired) electrons. The van der Waals surface area contributed by atoms with Gasteiger partial charge in [-0.25, -0.2) is 0 Å². The van der Waals surface area contributed by atoms with Crippen LogP contribution in [0, 0.1) is 0 Å². The summed E-state index contributed by atoms with van der Waals surface area (Å²) in [6.45, 7) is 13.6. The van der Waals surface area contributed by atoms with E-state index in [9.17, 15) is 39.6 Å². The lowest BCUT2D eigenvalue weighted by Gasteiger charge is -2.31. The van der Waals surface area contributed by atoms with Crippen LogP contribution in [0.5, 0.6) is 23.0 Å². The molecule has 2 aromatic rings. The molecule has 44 heavy (non-hydrogen) atoms. The molecule has 0 atom stereocenters. The minimum atomic E-state index is -0.698. The minimum Gasteiger partial charge on any atom is -0.504 e. The van der Waals surface area contributed by atoms with Gasteiger partial charge in [0.1, 0.15) is 0 Å². The van der Waals surface area contributed by atoms with Gasteiger partial charge < -0.3 is 20.4 Å². The molecule has 0 aliphatic heterocycles. The van der Waals surface area contributed by atoms with Gasteiger partial charge in [0, 0.05) is 78.3 Å². The maximum absolute atomic E-state index is 14.6. The Morgan fingerprint density at radius 3 is 1.11 bits per heavy atom. The summed E-state index contributed by atoms with van der Waals surface area (Å²) in [6, 6.07) is 0. The van der Waals surface area contributed by atoms with Crippen LogP contribution < -0.4 is 0 Å². The molecule has 0 aromatic heterocycles. The lowest BCUT2D eigenvalue weighted by molar-refractivity contribution is 0.0950. The van der Waals surface area contributed by atoms with Crippen LogP contribution in [0.4, 0.5) is 0 Å². The zero-order valence-corrected chi connectivity index (χ0v) is 27.9. The van der Waals surface area contributed by atoms with E-state index in [1.807, 2.05) is 13.8 Å². The first-order valence-electron chi connectivity index (χ1n) is 14.6.